The zero-order chi connectivity index (χ0) is 18.9. The van der Waals surface area contributed by atoms with E-state index in [1.807, 2.05) is 6.92 Å². The van der Waals surface area contributed by atoms with E-state index in [-0.39, 0.29) is 52.9 Å². The van der Waals surface area contributed by atoms with Gasteiger partial charge in [-0.1, -0.05) is 40.9 Å². The lowest BCUT2D eigenvalue weighted by Crippen LogP contribution is -2.50. The first-order chi connectivity index (χ1) is 12.3. The van der Waals surface area contributed by atoms with Gasteiger partial charge in [0.15, 0.2) is 0 Å². The van der Waals surface area contributed by atoms with Gasteiger partial charge >= 0.3 is 0 Å². The fourth-order valence-electron chi connectivity index (χ4n) is 2.71. The minimum atomic E-state index is -3.57. The van der Waals surface area contributed by atoms with E-state index in [0.29, 0.717) is 0 Å². The molecule has 0 aliphatic carbocycles. The van der Waals surface area contributed by atoms with Crippen molar-refractivity contribution in [3.63, 3.8) is 0 Å². The number of piperazine rings is 1. The van der Waals surface area contributed by atoms with Crippen molar-refractivity contribution in [1.82, 2.24) is 14.2 Å². The van der Waals surface area contributed by atoms with Crippen LogP contribution in [0, 0.1) is 6.92 Å². The summed E-state index contributed by atoms with van der Waals surface area (Å²) >= 11 is 11.9. The van der Waals surface area contributed by atoms with Crippen LogP contribution in [0.2, 0.25) is 10.2 Å². The summed E-state index contributed by atoms with van der Waals surface area (Å²) in [6, 6.07) is 9.74. The highest BCUT2D eigenvalue weighted by Gasteiger charge is 2.31. The summed E-state index contributed by atoms with van der Waals surface area (Å²) in [5.41, 5.74) is 1.07. The molecule has 1 aromatic heterocycles. The molecule has 0 radical (unpaired) electrons. The third-order valence-corrected chi connectivity index (χ3v) is 6.63. The van der Waals surface area contributed by atoms with E-state index in [9.17, 15) is 13.2 Å². The normalized spacial score (nSPS) is 15.9. The zero-order valence-corrected chi connectivity index (χ0v) is 16.4. The molecule has 9 heteroatoms. The van der Waals surface area contributed by atoms with Crippen molar-refractivity contribution in [2.45, 2.75) is 11.8 Å². The van der Waals surface area contributed by atoms with Gasteiger partial charge in [-0.2, -0.15) is 4.31 Å². The lowest BCUT2D eigenvalue weighted by atomic mass is 10.2. The van der Waals surface area contributed by atoms with Crippen molar-refractivity contribution in [3.05, 3.63) is 57.8 Å². The number of rotatable bonds is 3. The van der Waals surface area contributed by atoms with Crippen LogP contribution in [0.3, 0.4) is 0 Å². The van der Waals surface area contributed by atoms with Gasteiger partial charge in [0.2, 0.25) is 10.0 Å². The Hall–Kier alpha value is -1.67. The average Bonchev–Trinajstić information content (AvgIpc) is 2.63. The van der Waals surface area contributed by atoms with Gasteiger partial charge < -0.3 is 4.90 Å². The van der Waals surface area contributed by atoms with Crippen molar-refractivity contribution in [3.8, 4) is 0 Å². The summed E-state index contributed by atoms with van der Waals surface area (Å²) in [4.78, 5) is 18.4. The lowest BCUT2D eigenvalue weighted by Gasteiger charge is -2.34. The molecular formula is C17H17Cl2N3O3S. The summed E-state index contributed by atoms with van der Waals surface area (Å²) in [6.45, 7) is 2.83. The summed E-state index contributed by atoms with van der Waals surface area (Å²) in [5, 5.41) is 0.396. The van der Waals surface area contributed by atoms with Crippen LogP contribution in [-0.4, -0.2) is 54.7 Å². The van der Waals surface area contributed by atoms with Crippen LogP contribution >= 0.6 is 23.2 Å². The fraction of sp³-hybridized carbons (Fsp3) is 0.294. The molecule has 2 aromatic rings. The number of aromatic nitrogens is 1. The standard InChI is InChI=1S/C17H17Cl2N3O3S/c1-12-2-4-13(5-3-12)26(24,25)22-10-8-21(9-11-22)17(23)16-14(18)6-7-15(19)20-16/h2-7H,8-11H2,1H3. The minimum Gasteiger partial charge on any atom is -0.335 e. The number of halogens is 2. The molecule has 1 aliphatic rings. The first kappa shape index (κ1) is 19.1. The molecule has 2 heterocycles. The maximum atomic E-state index is 12.7. The first-order valence-electron chi connectivity index (χ1n) is 7.97. The molecule has 1 aromatic carbocycles. The molecular weight excluding hydrogens is 397 g/mol. The molecule has 26 heavy (non-hydrogen) atoms. The van der Waals surface area contributed by atoms with Gasteiger partial charge in [0.25, 0.3) is 5.91 Å². The number of aryl methyl sites for hydroxylation is 1. The number of hydrogen-bond acceptors (Lipinski definition) is 4. The molecule has 3 rings (SSSR count). The Morgan fingerprint density at radius 2 is 1.62 bits per heavy atom. The Kier molecular flexibility index (Phi) is 5.53. The van der Waals surface area contributed by atoms with E-state index in [1.165, 1.54) is 21.3 Å². The van der Waals surface area contributed by atoms with Crippen LogP contribution in [0.15, 0.2) is 41.3 Å². The van der Waals surface area contributed by atoms with Crippen molar-refractivity contribution in [2.24, 2.45) is 0 Å². The minimum absolute atomic E-state index is 0.0778. The first-order valence-corrected chi connectivity index (χ1v) is 10.2. The third-order valence-electron chi connectivity index (χ3n) is 4.20. The maximum absolute atomic E-state index is 12.7. The molecule has 138 valence electrons. The Morgan fingerprint density at radius 3 is 2.23 bits per heavy atom. The number of hydrogen-bond donors (Lipinski definition) is 0. The van der Waals surface area contributed by atoms with E-state index in [1.54, 1.807) is 24.3 Å². The van der Waals surface area contributed by atoms with E-state index < -0.39 is 10.0 Å². The number of pyridine rings is 1. The van der Waals surface area contributed by atoms with Gasteiger partial charge in [-0.05, 0) is 31.2 Å². The molecule has 0 N–H and O–H groups in total. The molecule has 1 saturated heterocycles. The monoisotopic (exact) mass is 413 g/mol. The number of benzene rings is 1. The van der Waals surface area contributed by atoms with E-state index in [4.69, 9.17) is 23.2 Å². The predicted octanol–water partition coefficient (Wildman–Crippen LogP) is 2.84. The number of amides is 1. The van der Waals surface area contributed by atoms with Gasteiger partial charge in [-0.15, -0.1) is 0 Å². The van der Waals surface area contributed by atoms with E-state index in [2.05, 4.69) is 4.98 Å². The van der Waals surface area contributed by atoms with Crippen LogP contribution in [0.5, 0.6) is 0 Å². The van der Waals surface area contributed by atoms with Crippen molar-refractivity contribution in [2.75, 3.05) is 26.2 Å². The SMILES string of the molecule is Cc1ccc(S(=O)(=O)N2CCN(C(=O)c3nc(Cl)ccc3Cl)CC2)cc1. The summed E-state index contributed by atoms with van der Waals surface area (Å²) in [6.07, 6.45) is 0. The smallest absolute Gasteiger partial charge is 0.274 e. The topological polar surface area (TPSA) is 70.6 Å². The van der Waals surface area contributed by atoms with Crippen molar-refractivity contribution < 1.29 is 13.2 Å². The van der Waals surface area contributed by atoms with Crippen LogP contribution in [0.25, 0.3) is 0 Å². The third kappa shape index (κ3) is 3.86. The average molecular weight is 414 g/mol. The number of carbonyl (C=O) groups excluding carboxylic acids is 1. The van der Waals surface area contributed by atoms with Gasteiger partial charge in [0.1, 0.15) is 10.8 Å². The van der Waals surface area contributed by atoms with Crippen molar-refractivity contribution >= 4 is 39.1 Å². The predicted molar refractivity (Wildman–Crippen MR) is 100 cm³/mol. The van der Waals surface area contributed by atoms with E-state index >= 15 is 0 Å². The fourth-order valence-corrected chi connectivity index (χ4v) is 4.46. The summed E-state index contributed by atoms with van der Waals surface area (Å²) in [7, 11) is -3.57. The Morgan fingerprint density at radius 1 is 1.00 bits per heavy atom. The van der Waals surface area contributed by atoms with Crippen LogP contribution in [-0.2, 0) is 10.0 Å². The van der Waals surface area contributed by atoms with Crippen LogP contribution in [0.1, 0.15) is 16.1 Å². The summed E-state index contributed by atoms with van der Waals surface area (Å²) < 4.78 is 26.8. The summed E-state index contributed by atoms with van der Waals surface area (Å²) in [5.74, 6) is -0.357. The van der Waals surface area contributed by atoms with Gasteiger partial charge in [0.05, 0.1) is 9.92 Å². The molecule has 0 saturated carbocycles. The second-order valence-electron chi connectivity index (χ2n) is 5.97. The number of nitrogens with zero attached hydrogens (tertiary/aromatic N) is 3. The molecule has 6 nitrogen and oxygen atoms in total. The Bertz CT molecular complexity index is 925. The molecule has 0 unspecified atom stereocenters. The molecule has 0 atom stereocenters. The Labute approximate surface area is 162 Å². The van der Waals surface area contributed by atoms with Gasteiger partial charge in [0, 0.05) is 26.2 Å². The zero-order valence-electron chi connectivity index (χ0n) is 14.0. The van der Waals surface area contributed by atoms with E-state index in [0.717, 1.165) is 5.56 Å². The second kappa shape index (κ2) is 7.52. The number of sulfonamides is 1. The molecule has 0 bridgehead atoms. The molecule has 1 amide bonds. The van der Waals surface area contributed by atoms with Crippen LogP contribution < -0.4 is 0 Å². The van der Waals surface area contributed by atoms with Crippen molar-refractivity contribution in [1.29, 1.82) is 0 Å². The highest BCUT2D eigenvalue weighted by atomic mass is 35.5. The number of carbonyl (C=O) groups is 1. The second-order valence-corrected chi connectivity index (χ2v) is 8.71. The quantitative estimate of drug-likeness (QED) is 0.725. The highest BCUT2D eigenvalue weighted by molar-refractivity contribution is 7.89. The Balaban J connectivity index is 1.71. The maximum Gasteiger partial charge on any atom is 0.274 e. The molecule has 0 spiro atoms. The van der Waals surface area contributed by atoms with Crippen LogP contribution in [0.4, 0.5) is 0 Å². The van der Waals surface area contributed by atoms with Gasteiger partial charge in [-0.3, -0.25) is 4.79 Å². The highest BCUT2D eigenvalue weighted by Crippen LogP contribution is 2.21. The largest absolute Gasteiger partial charge is 0.335 e. The molecule has 1 fully saturated rings. The van der Waals surface area contributed by atoms with Gasteiger partial charge in [-0.25, -0.2) is 13.4 Å². The molecule has 1 aliphatic heterocycles. The lowest BCUT2D eigenvalue weighted by molar-refractivity contribution is 0.0692.